The second-order valence-corrected chi connectivity index (χ2v) is 4.89. The Balaban J connectivity index is 2.80. The third kappa shape index (κ3) is 3.08. The first kappa shape index (κ1) is 12.8. The Hall–Kier alpha value is -0.290. The van der Waals surface area contributed by atoms with Gasteiger partial charge in [0.25, 0.3) is 0 Å². The lowest BCUT2D eigenvalue weighted by Gasteiger charge is -2.07. The van der Waals surface area contributed by atoms with E-state index in [2.05, 4.69) is 38.4 Å². The summed E-state index contributed by atoms with van der Waals surface area (Å²) in [5, 5.41) is 0. The lowest BCUT2D eigenvalue weighted by molar-refractivity contribution is -0.137. The van der Waals surface area contributed by atoms with Crippen LogP contribution >= 0.6 is 31.9 Å². The van der Waals surface area contributed by atoms with E-state index in [-0.39, 0.29) is 10.9 Å². The number of hydrogen-bond acceptors (Lipinski definition) is 3. The average molecular weight is 340 g/mol. The fourth-order valence-electron chi connectivity index (χ4n) is 1.22. The van der Waals surface area contributed by atoms with Crippen LogP contribution in [0.3, 0.4) is 0 Å². The fraction of sp³-hybridized carbons (Fsp3) is 0.500. The van der Waals surface area contributed by atoms with Crippen molar-refractivity contribution >= 4 is 37.8 Å². The van der Waals surface area contributed by atoms with E-state index >= 15 is 0 Å². The van der Waals surface area contributed by atoms with Crippen LogP contribution in [-0.2, 0) is 14.3 Å². The second-order valence-electron chi connectivity index (χ2n) is 2.99. The van der Waals surface area contributed by atoms with Crippen LogP contribution in [0, 0.1) is 0 Å². The van der Waals surface area contributed by atoms with Gasteiger partial charge in [-0.25, -0.2) is 4.79 Å². The lowest BCUT2D eigenvalue weighted by Crippen LogP contribution is -2.08. The molecule has 0 aromatic rings. The SMILES string of the molecule is C=CC1CC(Br)/C(=C(/Br)C(=O)OCC)O1. The number of ether oxygens (including phenoxy) is 2. The summed E-state index contributed by atoms with van der Waals surface area (Å²) in [5.74, 6) is 0.181. The molecule has 15 heavy (non-hydrogen) atoms. The van der Waals surface area contributed by atoms with Crippen molar-refractivity contribution in [3.8, 4) is 0 Å². The fourth-order valence-corrected chi connectivity index (χ4v) is 2.72. The van der Waals surface area contributed by atoms with Gasteiger partial charge in [0.1, 0.15) is 16.3 Å². The first-order chi connectivity index (χ1) is 7.10. The van der Waals surface area contributed by atoms with E-state index < -0.39 is 5.97 Å². The molecule has 0 aromatic carbocycles. The molecule has 1 fully saturated rings. The number of esters is 1. The third-order valence-electron chi connectivity index (χ3n) is 1.94. The maximum absolute atomic E-state index is 11.4. The highest BCUT2D eigenvalue weighted by atomic mass is 79.9. The summed E-state index contributed by atoms with van der Waals surface area (Å²) in [6, 6.07) is 0. The van der Waals surface area contributed by atoms with Gasteiger partial charge in [0.2, 0.25) is 0 Å². The predicted molar refractivity (Wildman–Crippen MR) is 65.0 cm³/mol. The zero-order valence-electron chi connectivity index (χ0n) is 8.33. The number of carbonyl (C=O) groups is 1. The molecule has 0 saturated carbocycles. The molecule has 0 radical (unpaired) electrons. The highest BCUT2D eigenvalue weighted by Gasteiger charge is 2.31. The van der Waals surface area contributed by atoms with Crippen molar-refractivity contribution < 1.29 is 14.3 Å². The summed E-state index contributed by atoms with van der Waals surface area (Å²) >= 11 is 6.62. The minimum atomic E-state index is -0.401. The van der Waals surface area contributed by atoms with Gasteiger partial charge in [0.15, 0.2) is 0 Å². The molecule has 1 aliphatic rings. The molecule has 0 aromatic heterocycles. The van der Waals surface area contributed by atoms with Gasteiger partial charge in [0, 0.05) is 6.42 Å². The van der Waals surface area contributed by atoms with Crippen molar-refractivity contribution in [2.45, 2.75) is 24.3 Å². The van der Waals surface area contributed by atoms with Crippen LogP contribution in [-0.4, -0.2) is 23.5 Å². The molecule has 1 heterocycles. The van der Waals surface area contributed by atoms with Crippen LogP contribution in [0.5, 0.6) is 0 Å². The summed E-state index contributed by atoms with van der Waals surface area (Å²) in [6.45, 7) is 5.76. The maximum Gasteiger partial charge on any atom is 0.348 e. The number of hydrogen-bond donors (Lipinski definition) is 0. The number of halogens is 2. The zero-order chi connectivity index (χ0) is 11.4. The van der Waals surface area contributed by atoms with Gasteiger partial charge in [-0.1, -0.05) is 28.6 Å². The topological polar surface area (TPSA) is 35.5 Å². The molecule has 5 heteroatoms. The van der Waals surface area contributed by atoms with Crippen LogP contribution in [0.15, 0.2) is 22.9 Å². The Labute approximate surface area is 106 Å². The van der Waals surface area contributed by atoms with E-state index in [0.29, 0.717) is 16.8 Å². The van der Waals surface area contributed by atoms with Crippen LogP contribution < -0.4 is 0 Å². The van der Waals surface area contributed by atoms with Crippen molar-refractivity contribution in [1.82, 2.24) is 0 Å². The number of alkyl halides is 1. The highest BCUT2D eigenvalue weighted by molar-refractivity contribution is 9.12. The highest BCUT2D eigenvalue weighted by Crippen LogP contribution is 2.34. The van der Waals surface area contributed by atoms with E-state index in [1.165, 1.54) is 0 Å². The summed E-state index contributed by atoms with van der Waals surface area (Å²) < 4.78 is 10.7. The molecular formula is C10H12Br2O3. The smallest absolute Gasteiger partial charge is 0.348 e. The number of allylic oxidation sites excluding steroid dienone is 1. The van der Waals surface area contributed by atoms with Crippen molar-refractivity contribution in [1.29, 1.82) is 0 Å². The minimum absolute atomic E-state index is 0.0271. The molecule has 0 aliphatic carbocycles. The quantitative estimate of drug-likeness (QED) is 0.343. The van der Waals surface area contributed by atoms with Crippen molar-refractivity contribution in [3.63, 3.8) is 0 Å². The standard InChI is InChI=1S/C10H12Br2O3/c1-3-6-5-7(11)9(15-6)8(12)10(13)14-4-2/h3,6-7H,1,4-5H2,2H3/b9-8-. The van der Waals surface area contributed by atoms with Gasteiger partial charge in [-0.15, -0.1) is 0 Å². The van der Waals surface area contributed by atoms with E-state index in [1.807, 2.05) is 0 Å². The van der Waals surface area contributed by atoms with Gasteiger partial charge >= 0.3 is 5.97 Å². The third-order valence-corrected chi connectivity index (χ3v) is 3.44. The van der Waals surface area contributed by atoms with Gasteiger partial charge in [-0.2, -0.15) is 0 Å². The first-order valence-electron chi connectivity index (χ1n) is 4.60. The van der Waals surface area contributed by atoms with Crippen LogP contribution in [0.4, 0.5) is 0 Å². The van der Waals surface area contributed by atoms with Crippen LogP contribution in [0.25, 0.3) is 0 Å². The molecule has 0 bridgehead atoms. The van der Waals surface area contributed by atoms with Crippen LogP contribution in [0.2, 0.25) is 0 Å². The van der Waals surface area contributed by atoms with E-state index in [4.69, 9.17) is 9.47 Å². The Morgan fingerprint density at radius 3 is 2.93 bits per heavy atom. The van der Waals surface area contributed by atoms with Crippen LogP contribution in [0.1, 0.15) is 13.3 Å². The maximum atomic E-state index is 11.4. The zero-order valence-corrected chi connectivity index (χ0v) is 11.5. The Morgan fingerprint density at radius 1 is 1.80 bits per heavy atom. The van der Waals surface area contributed by atoms with E-state index in [0.717, 1.165) is 6.42 Å². The monoisotopic (exact) mass is 338 g/mol. The Morgan fingerprint density at radius 2 is 2.47 bits per heavy atom. The van der Waals surface area contributed by atoms with Crippen molar-refractivity contribution in [2.75, 3.05) is 6.61 Å². The van der Waals surface area contributed by atoms with Gasteiger partial charge in [-0.05, 0) is 22.9 Å². The largest absolute Gasteiger partial charge is 0.488 e. The normalized spacial score (nSPS) is 28.2. The van der Waals surface area contributed by atoms with E-state index in [9.17, 15) is 4.79 Å². The molecular weight excluding hydrogens is 328 g/mol. The van der Waals surface area contributed by atoms with Crippen molar-refractivity contribution in [2.24, 2.45) is 0 Å². The Kier molecular flexibility index (Phi) is 4.86. The molecule has 84 valence electrons. The first-order valence-corrected chi connectivity index (χ1v) is 6.31. The lowest BCUT2D eigenvalue weighted by atomic mass is 10.2. The average Bonchev–Trinajstić information content (AvgIpc) is 2.59. The van der Waals surface area contributed by atoms with Gasteiger partial charge in [0.05, 0.1) is 11.4 Å². The number of rotatable bonds is 3. The minimum Gasteiger partial charge on any atom is -0.488 e. The van der Waals surface area contributed by atoms with Gasteiger partial charge in [-0.3, -0.25) is 0 Å². The predicted octanol–water partition coefficient (Wildman–Crippen LogP) is 2.89. The summed E-state index contributed by atoms with van der Waals surface area (Å²) in [4.78, 5) is 11.4. The van der Waals surface area contributed by atoms with Crippen molar-refractivity contribution in [3.05, 3.63) is 22.9 Å². The van der Waals surface area contributed by atoms with E-state index in [1.54, 1.807) is 13.0 Å². The summed E-state index contributed by atoms with van der Waals surface area (Å²) in [7, 11) is 0. The molecule has 0 amide bonds. The molecule has 1 rings (SSSR count). The Bertz CT molecular complexity index is 299. The molecule has 1 aliphatic heterocycles. The molecule has 2 unspecified atom stereocenters. The molecule has 1 saturated heterocycles. The molecule has 0 N–H and O–H groups in total. The molecule has 3 nitrogen and oxygen atoms in total. The van der Waals surface area contributed by atoms with Gasteiger partial charge < -0.3 is 9.47 Å². The number of carbonyl (C=O) groups excluding carboxylic acids is 1. The molecule has 0 spiro atoms. The summed E-state index contributed by atoms with van der Waals surface area (Å²) in [6.07, 6.45) is 2.44. The second kappa shape index (κ2) is 5.70. The molecule has 2 atom stereocenters. The summed E-state index contributed by atoms with van der Waals surface area (Å²) in [5.41, 5.74) is 0.